The number of carbonyl (C=O) groups is 1. The number of carboxylic acid groups (broad SMARTS) is 1. The average Bonchev–Trinajstić information content (AvgIpc) is 3.04. The van der Waals surface area contributed by atoms with Crippen molar-refractivity contribution in [2.75, 3.05) is 7.11 Å². The molecule has 1 N–H and O–H groups in total. The smallest absolute Gasteiger partial charge is 0.328 e. The Morgan fingerprint density at radius 1 is 1.20 bits per heavy atom. The summed E-state index contributed by atoms with van der Waals surface area (Å²) in [6.07, 6.45) is 4.49. The summed E-state index contributed by atoms with van der Waals surface area (Å²) in [5.41, 5.74) is 4.31. The second-order valence-corrected chi connectivity index (χ2v) is 5.62. The number of nitrogens with zero attached hydrogens (tertiary/aromatic N) is 2. The third kappa shape index (κ3) is 3.77. The number of rotatable bonds is 5. The number of hydrogen-bond acceptors (Lipinski definition) is 3. The van der Waals surface area contributed by atoms with Crippen LogP contribution < -0.4 is 4.74 Å². The highest BCUT2D eigenvalue weighted by molar-refractivity contribution is 5.87. The Labute approximate surface area is 145 Å². The molecule has 0 saturated heterocycles. The monoisotopic (exact) mass is 334 g/mol. The molecule has 0 radical (unpaired) electrons. The summed E-state index contributed by atoms with van der Waals surface area (Å²) in [6.45, 7) is 2.02. The lowest BCUT2D eigenvalue weighted by Gasteiger charge is -2.04. The van der Waals surface area contributed by atoms with Gasteiger partial charge in [-0.2, -0.15) is 5.10 Å². The number of hydrogen-bond donors (Lipinski definition) is 1. The van der Waals surface area contributed by atoms with Gasteiger partial charge < -0.3 is 9.84 Å². The predicted molar refractivity (Wildman–Crippen MR) is 97.0 cm³/mol. The molecule has 0 unspecified atom stereocenters. The number of methoxy groups -OCH3 is 1. The number of aryl methyl sites for hydroxylation is 1. The number of aliphatic carboxylic acids is 1. The van der Waals surface area contributed by atoms with Gasteiger partial charge in [0, 0.05) is 23.4 Å². The van der Waals surface area contributed by atoms with Crippen LogP contribution in [0.5, 0.6) is 5.75 Å². The van der Waals surface area contributed by atoms with Crippen LogP contribution in [0.3, 0.4) is 0 Å². The molecule has 0 atom stereocenters. The Hall–Kier alpha value is -3.34. The Kier molecular flexibility index (Phi) is 4.66. The summed E-state index contributed by atoms with van der Waals surface area (Å²) < 4.78 is 7.03. The standard InChI is InChI=1S/C20H18N2O3/c1-14-5-3-7-17(11-14)22-13-16(9-10-19(23)24)20(21-22)15-6-4-8-18(12-15)25-2/h3-13H,1-2H3,(H,23,24). The molecular weight excluding hydrogens is 316 g/mol. The van der Waals surface area contributed by atoms with Crippen LogP contribution in [0.4, 0.5) is 0 Å². The topological polar surface area (TPSA) is 64.4 Å². The molecule has 0 spiro atoms. The van der Waals surface area contributed by atoms with Crippen molar-refractivity contribution in [3.8, 4) is 22.7 Å². The normalized spacial score (nSPS) is 11.0. The third-order valence-electron chi connectivity index (χ3n) is 3.76. The van der Waals surface area contributed by atoms with Crippen molar-refractivity contribution in [3.05, 3.63) is 71.9 Å². The quantitative estimate of drug-likeness (QED) is 0.718. The van der Waals surface area contributed by atoms with Gasteiger partial charge in [-0.1, -0.05) is 24.3 Å². The van der Waals surface area contributed by atoms with Gasteiger partial charge in [0.2, 0.25) is 0 Å². The molecule has 0 amide bonds. The van der Waals surface area contributed by atoms with E-state index in [9.17, 15) is 4.79 Å². The molecular formula is C20H18N2O3. The van der Waals surface area contributed by atoms with E-state index in [1.807, 2.05) is 61.7 Å². The Bertz CT molecular complexity index is 942. The zero-order valence-corrected chi connectivity index (χ0v) is 14.0. The largest absolute Gasteiger partial charge is 0.497 e. The fraction of sp³-hybridized carbons (Fsp3) is 0.100. The lowest BCUT2D eigenvalue weighted by molar-refractivity contribution is -0.131. The van der Waals surface area contributed by atoms with Gasteiger partial charge in [0.25, 0.3) is 0 Å². The second-order valence-electron chi connectivity index (χ2n) is 5.62. The molecule has 25 heavy (non-hydrogen) atoms. The highest BCUT2D eigenvalue weighted by atomic mass is 16.5. The number of ether oxygens (including phenoxy) is 1. The first-order chi connectivity index (χ1) is 12.1. The summed E-state index contributed by atoms with van der Waals surface area (Å²) in [5, 5.41) is 13.6. The van der Waals surface area contributed by atoms with Crippen molar-refractivity contribution in [3.63, 3.8) is 0 Å². The van der Waals surface area contributed by atoms with Crippen LogP contribution in [-0.2, 0) is 4.79 Å². The van der Waals surface area contributed by atoms with E-state index < -0.39 is 5.97 Å². The molecule has 1 aromatic heterocycles. The fourth-order valence-electron chi connectivity index (χ4n) is 2.57. The second kappa shape index (κ2) is 7.05. The molecule has 5 heteroatoms. The van der Waals surface area contributed by atoms with E-state index in [2.05, 4.69) is 5.10 Å². The molecule has 1 heterocycles. The van der Waals surface area contributed by atoms with Gasteiger partial charge in [-0.05, 0) is 42.8 Å². The average molecular weight is 334 g/mol. The van der Waals surface area contributed by atoms with Crippen LogP contribution >= 0.6 is 0 Å². The highest BCUT2D eigenvalue weighted by Crippen LogP contribution is 2.27. The summed E-state index contributed by atoms with van der Waals surface area (Å²) in [6, 6.07) is 15.5. The Morgan fingerprint density at radius 3 is 2.72 bits per heavy atom. The molecule has 0 bridgehead atoms. The van der Waals surface area contributed by atoms with E-state index in [0.717, 1.165) is 34.2 Å². The van der Waals surface area contributed by atoms with Gasteiger partial charge in [0.05, 0.1) is 12.8 Å². The maximum absolute atomic E-state index is 10.9. The number of carboxylic acids is 1. The maximum Gasteiger partial charge on any atom is 0.328 e. The molecule has 126 valence electrons. The summed E-state index contributed by atoms with van der Waals surface area (Å²) in [7, 11) is 1.61. The van der Waals surface area contributed by atoms with Crippen molar-refractivity contribution >= 4 is 12.0 Å². The van der Waals surface area contributed by atoms with Gasteiger partial charge in [0.1, 0.15) is 11.4 Å². The van der Waals surface area contributed by atoms with Gasteiger partial charge in [-0.3, -0.25) is 0 Å². The molecule has 0 fully saturated rings. The van der Waals surface area contributed by atoms with Crippen LogP contribution in [0.15, 0.2) is 60.8 Å². The van der Waals surface area contributed by atoms with Crippen molar-refractivity contribution in [2.24, 2.45) is 0 Å². The first-order valence-electron chi connectivity index (χ1n) is 7.79. The molecule has 0 aliphatic rings. The van der Waals surface area contributed by atoms with Crippen LogP contribution in [0.1, 0.15) is 11.1 Å². The molecule has 5 nitrogen and oxygen atoms in total. The van der Waals surface area contributed by atoms with E-state index in [1.165, 1.54) is 0 Å². The van der Waals surface area contributed by atoms with Crippen LogP contribution in [0.2, 0.25) is 0 Å². The predicted octanol–water partition coefficient (Wildman–Crippen LogP) is 3.95. The molecule has 3 aromatic rings. The van der Waals surface area contributed by atoms with Crippen LogP contribution in [0.25, 0.3) is 23.0 Å². The minimum absolute atomic E-state index is 0.693. The van der Waals surface area contributed by atoms with E-state index in [-0.39, 0.29) is 0 Å². The lowest BCUT2D eigenvalue weighted by atomic mass is 10.1. The zero-order chi connectivity index (χ0) is 17.8. The van der Waals surface area contributed by atoms with Gasteiger partial charge in [-0.15, -0.1) is 0 Å². The molecule has 2 aromatic carbocycles. The first-order valence-corrected chi connectivity index (χ1v) is 7.79. The van der Waals surface area contributed by atoms with Gasteiger partial charge in [0.15, 0.2) is 0 Å². The van der Waals surface area contributed by atoms with E-state index in [1.54, 1.807) is 17.9 Å². The summed E-state index contributed by atoms with van der Waals surface area (Å²) in [4.78, 5) is 10.9. The van der Waals surface area contributed by atoms with Crippen molar-refractivity contribution in [1.82, 2.24) is 9.78 Å². The van der Waals surface area contributed by atoms with Gasteiger partial charge in [-0.25, -0.2) is 9.48 Å². The first kappa shape index (κ1) is 16.5. The minimum atomic E-state index is -1.00. The van der Waals surface area contributed by atoms with Crippen LogP contribution in [0, 0.1) is 6.92 Å². The molecule has 0 saturated carbocycles. The SMILES string of the molecule is COc1cccc(-c2nn(-c3cccc(C)c3)cc2C=CC(=O)O)c1. The Morgan fingerprint density at radius 2 is 2.00 bits per heavy atom. The van der Waals surface area contributed by atoms with E-state index in [0.29, 0.717) is 5.69 Å². The molecule has 0 aliphatic carbocycles. The van der Waals surface area contributed by atoms with Crippen LogP contribution in [-0.4, -0.2) is 28.0 Å². The van der Waals surface area contributed by atoms with Crippen molar-refractivity contribution in [1.29, 1.82) is 0 Å². The minimum Gasteiger partial charge on any atom is -0.497 e. The van der Waals surface area contributed by atoms with E-state index >= 15 is 0 Å². The third-order valence-corrected chi connectivity index (χ3v) is 3.76. The number of benzene rings is 2. The molecule has 0 aliphatic heterocycles. The van der Waals surface area contributed by atoms with Crippen molar-refractivity contribution < 1.29 is 14.6 Å². The fourth-order valence-corrected chi connectivity index (χ4v) is 2.57. The van der Waals surface area contributed by atoms with Crippen molar-refractivity contribution in [2.45, 2.75) is 6.92 Å². The lowest BCUT2D eigenvalue weighted by Crippen LogP contribution is -1.95. The summed E-state index contributed by atoms with van der Waals surface area (Å²) in [5.74, 6) is -0.282. The van der Waals surface area contributed by atoms with Gasteiger partial charge >= 0.3 is 5.97 Å². The number of aromatic nitrogens is 2. The van der Waals surface area contributed by atoms with E-state index in [4.69, 9.17) is 9.84 Å². The maximum atomic E-state index is 10.9. The Balaban J connectivity index is 2.13. The molecule has 3 rings (SSSR count). The zero-order valence-electron chi connectivity index (χ0n) is 14.0. The summed E-state index contributed by atoms with van der Waals surface area (Å²) >= 11 is 0. The highest BCUT2D eigenvalue weighted by Gasteiger charge is 2.12.